The van der Waals surface area contributed by atoms with Gasteiger partial charge in [-0.2, -0.15) is 13.2 Å². The van der Waals surface area contributed by atoms with Crippen LogP contribution >= 0.6 is 0 Å². The van der Waals surface area contributed by atoms with Crippen molar-refractivity contribution in [2.75, 3.05) is 12.4 Å². The van der Waals surface area contributed by atoms with Crippen LogP contribution in [0.2, 0.25) is 0 Å². The van der Waals surface area contributed by atoms with E-state index < -0.39 is 45.9 Å². The van der Waals surface area contributed by atoms with E-state index in [1.807, 2.05) is 18.2 Å². The molecule has 2 rings (SSSR count). The van der Waals surface area contributed by atoms with E-state index >= 15 is 0 Å². The fourth-order valence-corrected chi connectivity index (χ4v) is 2.70. The third kappa shape index (κ3) is 5.53. The van der Waals surface area contributed by atoms with Crippen LogP contribution in [0.3, 0.4) is 0 Å². The van der Waals surface area contributed by atoms with E-state index in [2.05, 4.69) is 21.6 Å². The number of hydrogen-bond acceptors (Lipinski definition) is 6. The second-order valence-corrected chi connectivity index (χ2v) is 6.05. The van der Waals surface area contributed by atoms with Gasteiger partial charge in [0.2, 0.25) is 5.69 Å². The number of benzene rings is 1. The topological polar surface area (TPSA) is 94.4 Å². The van der Waals surface area contributed by atoms with Crippen molar-refractivity contribution in [3.05, 3.63) is 76.0 Å². The molecule has 7 nitrogen and oxygen atoms in total. The van der Waals surface area contributed by atoms with Crippen molar-refractivity contribution in [3.8, 4) is 0 Å². The zero-order chi connectivity index (χ0) is 21.6. The molecule has 0 spiro atoms. The van der Waals surface area contributed by atoms with Gasteiger partial charge in [0.05, 0.1) is 12.0 Å². The normalized spacial score (nSPS) is 12.1. The van der Waals surface area contributed by atoms with Gasteiger partial charge in [-0.15, -0.1) is 6.58 Å². The Hall–Kier alpha value is -3.43. The van der Waals surface area contributed by atoms with Crippen LogP contribution in [0.1, 0.15) is 28.0 Å². The second-order valence-electron chi connectivity index (χ2n) is 6.05. The number of methoxy groups -OCH3 is 1. The molecule has 0 bridgehead atoms. The Morgan fingerprint density at radius 3 is 2.55 bits per heavy atom. The number of carbonyl (C=O) groups excluding carboxylic acids is 1. The highest BCUT2D eigenvalue weighted by Crippen LogP contribution is 2.37. The molecule has 0 aliphatic heterocycles. The summed E-state index contributed by atoms with van der Waals surface area (Å²) in [6, 6.07) is 8.76. The number of aromatic nitrogens is 1. The summed E-state index contributed by atoms with van der Waals surface area (Å²) in [4.78, 5) is 25.5. The first kappa shape index (κ1) is 21.9. The van der Waals surface area contributed by atoms with E-state index in [1.54, 1.807) is 12.1 Å². The first-order valence-electron chi connectivity index (χ1n) is 8.43. The Kier molecular flexibility index (Phi) is 6.92. The Morgan fingerprint density at radius 1 is 1.38 bits per heavy atom. The molecule has 1 aromatic heterocycles. The zero-order valence-corrected chi connectivity index (χ0v) is 15.4. The summed E-state index contributed by atoms with van der Waals surface area (Å²) in [5, 5.41) is 13.8. The fourth-order valence-electron chi connectivity index (χ4n) is 2.70. The SMILES string of the molecule is C=CCC(Cc1ccccc1)Nc1nc(C(=O)OC)c([N+](=O)[O-])cc1C(F)(F)F. The minimum absolute atomic E-state index is 0.287. The van der Waals surface area contributed by atoms with Crippen molar-refractivity contribution in [2.24, 2.45) is 0 Å². The third-order valence-electron chi connectivity index (χ3n) is 4.00. The molecule has 0 aliphatic carbocycles. The smallest absolute Gasteiger partial charge is 0.420 e. The monoisotopic (exact) mass is 409 g/mol. The van der Waals surface area contributed by atoms with Crippen molar-refractivity contribution in [1.82, 2.24) is 4.98 Å². The number of alkyl halides is 3. The molecule has 0 amide bonds. The number of esters is 1. The van der Waals surface area contributed by atoms with Crippen molar-refractivity contribution in [1.29, 1.82) is 0 Å². The van der Waals surface area contributed by atoms with Crippen LogP contribution in [0.15, 0.2) is 49.1 Å². The molecule has 1 heterocycles. The van der Waals surface area contributed by atoms with E-state index in [0.29, 0.717) is 12.8 Å². The quantitative estimate of drug-likeness (QED) is 0.301. The maximum atomic E-state index is 13.5. The van der Waals surface area contributed by atoms with E-state index in [9.17, 15) is 28.1 Å². The van der Waals surface area contributed by atoms with Gasteiger partial charge < -0.3 is 10.1 Å². The van der Waals surface area contributed by atoms with Gasteiger partial charge in [-0.3, -0.25) is 10.1 Å². The number of halogens is 3. The summed E-state index contributed by atoms with van der Waals surface area (Å²) in [6.07, 6.45) is -2.77. The predicted octanol–water partition coefficient (Wildman–Crippen LogP) is 4.39. The molecular formula is C19H18F3N3O4. The number of nitrogens with one attached hydrogen (secondary N) is 1. The van der Waals surface area contributed by atoms with E-state index in [4.69, 9.17) is 0 Å². The molecule has 10 heteroatoms. The van der Waals surface area contributed by atoms with E-state index in [-0.39, 0.29) is 6.07 Å². The summed E-state index contributed by atoms with van der Waals surface area (Å²) in [7, 11) is 0.953. The molecular weight excluding hydrogens is 391 g/mol. The Bertz CT molecular complexity index is 902. The van der Waals surface area contributed by atoms with Crippen molar-refractivity contribution >= 4 is 17.5 Å². The molecule has 1 unspecified atom stereocenters. The Balaban J connectivity index is 2.53. The maximum Gasteiger partial charge on any atom is 0.420 e. The standard InChI is InChI=1S/C19H18F3N3O4/c1-3-7-13(10-12-8-5-4-6-9-12)23-17-14(19(20,21)22)11-15(25(27)28)16(24-17)18(26)29-2/h3-6,8-9,11,13H,1,7,10H2,2H3,(H,23,24). The van der Waals surface area contributed by atoms with Crippen LogP contribution in [-0.4, -0.2) is 29.0 Å². The average Bonchev–Trinajstić information content (AvgIpc) is 2.67. The van der Waals surface area contributed by atoms with Gasteiger partial charge in [0.15, 0.2) is 0 Å². The van der Waals surface area contributed by atoms with Gasteiger partial charge in [-0.25, -0.2) is 9.78 Å². The summed E-state index contributed by atoms with van der Waals surface area (Å²) < 4.78 is 45.0. The number of hydrogen-bond donors (Lipinski definition) is 1. The maximum absolute atomic E-state index is 13.5. The molecule has 0 aliphatic rings. The number of pyridine rings is 1. The largest absolute Gasteiger partial charge is 0.464 e. The summed E-state index contributed by atoms with van der Waals surface area (Å²) in [6.45, 7) is 3.61. The van der Waals surface area contributed by atoms with Crippen LogP contribution in [0.4, 0.5) is 24.7 Å². The molecule has 0 saturated heterocycles. The lowest BCUT2D eigenvalue weighted by molar-refractivity contribution is -0.385. The molecule has 29 heavy (non-hydrogen) atoms. The van der Waals surface area contributed by atoms with Gasteiger partial charge in [0, 0.05) is 12.1 Å². The van der Waals surface area contributed by atoms with Crippen molar-refractivity contribution < 1.29 is 27.6 Å². The number of anilines is 1. The minimum Gasteiger partial charge on any atom is -0.464 e. The number of nitrogens with zero attached hydrogens (tertiary/aromatic N) is 2. The lowest BCUT2D eigenvalue weighted by Crippen LogP contribution is -2.26. The van der Waals surface area contributed by atoms with E-state index in [0.717, 1.165) is 12.7 Å². The third-order valence-corrected chi connectivity index (χ3v) is 4.00. The zero-order valence-electron chi connectivity index (χ0n) is 15.4. The number of ether oxygens (including phenoxy) is 1. The van der Waals surface area contributed by atoms with Gasteiger partial charge in [0.25, 0.3) is 0 Å². The summed E-state index contributed by atoms with van der Waals surface area (Å²) in [5.74, 6) is -1.90. The molecule has 0 fully saturated rings. The van der Waals surface area contributed by atoms with Gasteiger partial charge >= 0.3 is 17.8 Å². The molecule has 1 atom stereocenters. The molecule has 154 valence electrons. The van der Waals surface area contributed by atoms with Crippen LogP contribution in [0.5, 0.6) is 0 Å². The lowest BCUT2D eigenvalue weighted by Gasteiger charge is -2.21. The highest BCUT2D eigenvalue weighted by molar-refractivity contribution is 5.92. The fraction of sp³-hybridized carbons (Fsp3) is 0.263. The Morgan fingerprint density at radius 2 is 2.03 bits per heavy atom. The molecule has 2 aromatic rings. The van der Waals surface area contributed by atoms with E-state index in [1.165, 1.54) is 6.08 Å². The first-order valence-corrected chi connectivity index (χ1v) is 8.43. The first-order chi connectivity index (χ1) is 13.7. The van der Waals surface area contributed by atoms with Gasteiger partial charge in [-0.05, 0) is 18.4 Å². The van der Waals surface area contributed by atoms with Gasteiger partial charge in [-0.1, -0.05) is 36.4 Å². The van der Waals surface area contributed by atoms with Crippen molar-refractivity contribution in [3.63, 3.8) is 0 Å². The predicted molar refractivity (Wildman–Crippen MR) is 99.6 cm³/mol. The van der Waals surface area contributed by atoms with Crippen molar-refractivity contribution in [2.45, 2.75) is 25.1 Å². The average molecular weight is 409 g/mol. The summed E-state index contributed by atoms with van der Waals surface area (Å²) >= 11 is 0. The van der Waals surface area contributed by atoms with Gasteiger partial charge in [0.1, 0.15) is 11.4 Å². The Labute approximate surface area is 164 Å². The summed E-state index contributed by atoms with van der Waals surface area (Å²) in [5.41, 5.74) is -2.39. The minimum atomic E-state index is -4.93. The van der Waals surface area contributed by atoms with Crippen LogP contribution in [0, 0.1) is 10.1 Å². The molecule has 1 N–H and O–H groups in total. The number of rotatable bonds is 8. The lowest BCUT2D eigenvalue weighted by atomic mass is 10.0. The highest BCUT2D eigenvalue weighted by Gasteiger charge is 2.39. The van der Waals surface area contributed by atoms with Crippen LogP contribution < -0.4 is 5.32 Å². The number of carbonyl (C=O) groups is 1. The van der Waals surface area contributed by atoms with Crippen LogP contribution in [0.25, 0.3) is 0 Å². The molecule has 0 radical (unpaired) electrons. The molecule has 0 saturated carbocycles. The molecule has 1 aromatic carbocycles. The number of nitro groups is 1. The highest BCUT2D eigenvalue weighted by atomic mass is 19.4. The van der Waals surface area contributed by atoms with Crippen LogP contribution in [-0.2, 0) is 17.3 Å². The second kappa shape index (κ2) is 9.18.